The standard InChI is InChI=1S/C20H31N3O2/c1-15(24)22-18-9-7-16(8-10-18)13-23-11-5-6-17(14-23)12-21-19(25)20(2,3)4/h7-10,17H,5-6,11-14H2,1-4H3,(H,21,25)(H,22,24). The van der Waals surface area contributed by atoms with Gasteiger partial charge in [0, 0.05) is 37.7 Å². The Morgan fingerprint density at radius 2 is 1.88 bits per heavy atom. The molecule has 5 heteroatoms. The van der Waals surface area contributed by atoms with Gasteiger partial charge in [-0.25, -0.2) is 0 Å². The maximum atomic E-state index is 12.0. The summed E-state index contributed by atoms with van der Waals surface area (Å²) in [5.41, 5.74) is 1.75. The number of amides is 2. The molecule has 1 unspecified atom stereocenters. The maximum Gasteiger partial charge on any atom is 0.225 e. The number of piperidine rings is 1. The molecule has 1 atom stereocenters. The summed E-state index contributed by atoms with van der Waals surface area (Å²) in [5.74, 6) is 0.584. The van der Waals surface area contributed by atoms with Crippen molar-refractivity contribution in [1.82, 2.24) is 10.2 Å². The van der Waals surface area contributed by atoms with Crippen molar-refractivity contribution in [3.05, 3.63) is 29.8 Å². The first-order chi connectivity index (χ1) is 11.7. The van der Waals surface area contributed by atoms with Gasteiger partial charge in [0.05, 0.1) is 0 Å². The molecule has 25 heavy (non-hydrogen) atoms. The number of carbonyl (C=O) groups excluding carboxylic acids is 2. The van der Waals surface area contributed by atoms with Crippen LogP contribution in [0.1, 0.15) is 46.1 Å². The normalized spacial score (nSPS) is 18.6. The summed E-state index contributed by atoms with van der Waals surface area (Å²) < 4.78 is 0. The van der Waals surface area contributed by atoms with Gasteiger partial charge in [-0.15, -0.1) is 0 Å². The molecule has 0 aliphatic carbocycles. The number of nitrogens with one attached hydrogen (secondary N) is 2. The molecular weight excluding hydrogens is 314 g/mol. The Labute approximate surface area is 151 Å². The van der Waals surface area contributed by atoms with Gasteiger partial charge < -0.3 is 10.6 Å². The molecular formula is C20H31N3O2. The molecule has 5 nitrogen and oxygen atoms in total. The van der Waals surface area contributed by atoms with E-state index in [1.165, 1.54) is 25.3 Å². The average Bonchev–Trinajstić information content (AvgIpc) is 2.53. The van der Waals surface area contributed by atoms with Crippen molar-refractivity contribution in [2.75, 3.05) is 25.0 Å². The minimum absolute atomic E-state index is 0.0519. The molecule has 1 aliphatic rings. The van der Waals surface area contributed by atoms with Gasteiger partial charge in [-0.05, 0) is 43.0 Å². The highest BCUT2D eigenvalue weighted by Gasteiger charge is 2.24. The lowest BCUT2D eigenvalue weighted by atomic mass is 9.94. The van der Waals surface area contributed by atoms with E-state index in [1.54, 1.807) is 0 Å². The molecule has 0 bridgehead atoms. The largest absolute Gasteiger partial charge is 0.355 e. The number of carbonyl (C=O) groups is 2. The van der Waals surface area contributed by atoms with Crippen molar-refractivity contribution in [3.8, 4) is 0 Å². The van der Waals surface area contributed by atoms with E-state index in [0.717, 1.165) is 31.9 Å². The summed E-state index contributed by atoms with van der Waals surface area (Å²) in [6, 6.07) is 8.02. The molecule has 1 aromatic rings. The van der Waals surface area contributed by atoms with E-state index in [-0.39, 0.29) is 17.2 Å². The molecule has 2 N–H and O–H groups in total. The van der Waals surface area contributed by atoms with Gasteiger partial charge in [0.2, 0.25) is 11.8 Å². The highest BCUT2D eigenvalue weighted by atomic mass is 16.2. The Bertz CT molecular complexity index is 590. The number of anilines is 1. The minimum Gasteiger partial charge on any atom is -0.355 e. The summed E-state index contributed by atoms with van der Waals surface area (Å²) >= 11 is 0. The van der Waals surface area contributed by atoms with Gasteiger partial charge >= 0.3 is 0 Å². The third-order valence-corrected chi connectivity index (χ3v) is 4.52. The number of nitrogens with zero attached hydrogens (tertiary/aromatic N) is 1. The van der Waals surface area contributed by atoms with Crippen LogP contribution < -0.4 is 10.6 Å². The Balaban J connectivity index is 1.82. The number of likely N-dealkylation sites (tertiary alicyclic amines) is 1. The van der Waals surface area contributed by atoms with Crippen LogP contribution in [0.5, 0.6) is 0 Å². The van der Waals surface area contributed by atoms with Gasteiger partial charge in [0.25, 0.3) is 0 Å². The van der Waals surface area contributed by atoms with Crippen molar-refractivity contribution in [1.29, 1.82) is 0 Å². The summed E-state index contributed by atoms with van der Waals surface area (Å²) in [4.78, 5) is 25.6. The Kier molecular flexibility index (Phi) is 6.59. The van der Waals surface area contributed by atoms with Crippen LogP contribution in [0.2, 0.25) is 0 Å². The predicted molar refractivity (Wildman–Crippen MR) is 101 cm³/mol. The molecule has 0 aromatic heterocycles. The van der Waals surface area contributed by atoms with Crippen molar-refractivity contribution in [2.45, 2.75) is 47.1 Å². The van der Waals surface area contributed by atoms with Gasteiger partial charge in [-0.1, -0.05) is 32.9 Å². The van der Waals surface area contributed by atoms with Crippen LogP contribution in [-0.4, -0.2) is 36.3 Å². The molecule has 2 rings (SSSR count). The molecule has 0 saturated carbocycles. The first kappa shape index (κ1) is 19.4. The second-order valence-corrected chi connectivity index (χ2v) is 8.08. The SMILES string of the molecule is CC(=O)Nc1ccc(CN2CCCC(CNC(=O)C(C)(C)C)C2)cc1. The van der Waals surface area contributed by atoms with Crippen LogP contribution >= 0.6 is 0 Å². The summed E-state index contributed by atoms with van der Waals surface area (Å²) in [7, 11) is 0. The summed E-state index contributed by atoms with van der Waals surface area (Å²) in [6.07, 6.45) is 2.34. The van der Waals surface area contributed by atoms with E-state index in [1.807, 2.05) is 32.9 Å². The third-order valence-electron chi connectivity index (χ3n) is 4.52. The van der Waals surface area contributed by atoms with Gasteiger partial charge in [0.1, 0.15) is 0 Å². The van der Waals surface area contributed by atoms with Crippen LogP contribution in [-0.2, 0) is 16.1 Å². The molecule has 1 heterocycles. The Morgan fingerprint density at radius 3 is 2.48 bits per heavy atom. The summed E-state index contributed by atoms with van der Waals surface area (Å²) in [5, 5.41) is 5.89. The summed E-state index contributed by atoms with van der Waals surface area (Å²) in [6.45, 7) is 11.1. The van der Waals surface area contributed by atoms with E-state index in [0.29, 0.717) is 5.92 Å². The monoisotopic (exact) mass is 345 g/mol. The van der Waals surface area contributed by atoms with Crippen molar-refractivity contribution < 1.29 is 9.59 Å². The zero-order chi connectivity index (χ0) is 18.4. The molecule has 1 saturated heterocycles. The van der Waals surface area contributed by atoms with Crippen LogP contribution in [0.4, 0.5) is 5.69 Å². The minimum atomic E-state index is -0.329. The van der Waals surface area contributed by atoms with E-state index in [4.69, 9.17) is 0 Å². The fraction of sp³-hybridized carbons (Fsp3) is 0.600. The van der Waals surface area contributed by atoms with Gasteiger partial charge in [0.15, 0.2) is 0 Å². The zero-order valence-electron chi connectivity index (χ0n) is 15.9. The maximum absolute atomic E-state index is 12.0. The quantitative estimate of drug-likeness (QED) is 0.862. The second kappa shape index (κ2) is 8.48. The van der Waals surface area contributed by atoms with Crippen molar-refractivity contribution in [3.63, 3.8) is 0 Å². The van der Waals surface area contributed by atoms with Crippen molar-refractivity contribution >= 4 is 17.5 Å². The first-order valence-electron chi connectivity index (χ1n) is 9.11. The fourth-order valence-corrected chi connectivity index (χ4v) is 3.12. The molecule has 1 aliphatic heterocycles. The lowest BCUT2D eigenvalue weighted by molar-refractivity contribution is -0.128. The number of rotatable bonds is 5. The topological polar surface area (TPSA) is 61.4 Å². The van der Waals surface area contributed by atoms with Crippen LogP contribution in [0.25, 0.3) is 0 Å². The molecule has 0 spiro atoms. The molecule has 138 valence electrons. The van der Waals surface area contributed by atoms with Gasteiger partial charge in [-0.2, -0.15) is 0 Å². The predicted octanol–water partition coefficient (Wildman–Crippen LogP) is 3.02. The lowest BCUT2D eigenvalue weighted by Crippen LogP contribution is -2.43. The zero-order valence-corrected chi connectivity index (χ0v) is 15.9. The van der Waals surface area contributed by atoms with Crippen LogP contribution in [0.3, 0.4) is 0 Å². The highest BCUT2D eigenvalue weighted by molar-refractivity contribution is 5.88. The van der Waals surface area contributed by atoms with Gasteiger partial charge in [-0.3, -0.25) is 14.5 Å². The number of hydrogen-bond acceptors (Lipinski definition) is 3. The van der Waals surface area contributed by atoms with Crippen LogP contribution in [0, 0.1) is 11.3 Å². The average molecular weight is 345 g/mol. The number of benzene rings is 1. The molecule has 2 amide bonds. The Hall–Kier alpha value is -1.88. The first-order valence-corrected chi connectivity index (χ1v) is 9.11. The van der Waals surface area contributed by atoms with Crippen molar-refractivity contribution in [2.24, 2.45) is 11.3 Å². The smallest absolute Gasteiger partial charge is 0.225 e. The van der Waals surface area contributed by atoms with E-state index < -0.39 is 0 Å². The third kappa shape index (κ3) is 6.50. The van der Waals surface area contributed by atoms with E-state index >= 15 is 0 Å². The molecule has 1 fully saturated rings. The lowest BCUT2D eigenvalue weighted by Gasteiger charge is -2.33. The van der Waals surface area contributed by atoms with E-state index in [9.17, 15) is 9.59 Å². The van der Waals surface area contributed by atoms with E-state index in [2.05, 4.69) is 27.7 Å². The number of hydrogen-bond donors (Lipinski definition) is 2. The second-order valence-electron chi connectivity index (χ2n) is 8.08. The Morgan fingerprint density at radius 1 is 1.20 bits per heavy atom. The molecule has 0 radical (unpaired) electrons. The van der Waals surface area contributed by atoms with Crippen LogP contribution in [0.15, 0.2) is 24.3 Å². The fourth-order valence-electron chi connectivity index (χ4n) is 3.12. The molecule has 1 aromatic carbocycles. The highest BCUT2D eigenvalue weighted by Crippen LogP contribution is 2.20.